The van der Waals surface area contributed by atoms with Crippen LogP contribution in [0.4, 0.5) is 0 Å². The first-order chi connectivity index (χ1) is 5.52. The summed E-state index contributed by atoms with van der Waals surface area (Å²) >= 11 is 12.8. The molecule has 0 radical (unpaired) electrons. The molecule has 0 amide bonds. The summed E-state index contributed by atoms with van der Waals surface area (Å²) in [4.78, 5) is 11.0. The predicted molar refractivity (Wildman–Crippen MR) is 53.4 cm³/mol. The van der Waals surface area contributed by atoms with Crippen LogP contribution in [0.5, 0.6) is 0 Å². The van der Waals surface area contributed by atoms with Crippen molar-refractivity contribution in [2.75, 3.05) is 0 Å². The molecule has 0 saturated heterocycles. The van der Waals surface area contributed by atoms with Crippen LogP contribution in [0.25, 0.3) is 0 Å². The minimum absolute atomic E-state index is 0.0951. The number of thiol groups is 1. The van der Waals surface area contributed by atoms with Gasteiger partial charge in [-0.2, -0.15) is 0 Å². The van der Waals surface area contributed by atoms with Gasteiger partial charge in [-0.1, -0.05) is 11.6 Å². The van der Waals surface area contributed by atoms with Crippen molar-refractivity contribution in [1.29, 1.82) is 0 Å². The first-order valence-corrected chi connectivity index (χ1v) is 4.55. The van der Waals surface area contributed by atoms with E-state index in [1.807, 2.05) is 0 Å². The minimum Gasteiger partial charge on any atom is -0.478 e. The van der Waals surface area contributed by atoms with Gasteiger partial charge in [0.15, 0.2) is 0 Å². The Hall–Kier alpha value is -0.190. The lowest BCUT2D eigenvalue weighted by molar-refractivity contribution is 0.0693. The lowest BCUT2D eigenvalue weighted by Gasteiger charge is -2.02. The van der Waals surface area contributed by atoms with Crippen LogP contribution in [0.15, 0.2) is 21.5 Å². The fraction of sp³-hybridized carbons (Fsp3) is 0. The number of benzene rings is 1. The summed E-state index contributed by atoms with van der Waals surface area (Å²) in [6.07, 6.45) is 0. The lowest BCUT2D eigenvalue weighted by Crippen LogP contribution is -1.98. The number of carboxylic acids is 1. The molecule has 0 aliphatic rings. The third-order valence-corrected chi connectivity index (χ3v) is 2.89. The quantitative estimate of drug-likeness (QED) is 0.767. The van der Waals surface area contributed by atoms with Gasteiger partial charge in [0.1, 0.15) is 0 Å². The molecule has 0 aliphatic carbocycles. The third kappa shape index (κ3) is 1.94. The van der Waals surface area contributed by atoms with Crippen LogP contribution in [0.3, 0.4) is 0 Å². The van der Waals surface area contributed by atoms with Gasteiger partial charge in [0, 0.05) is 14.4 Å². The normalized spacial score (nSPS) is 9.92. The Balaban J connectivity index is 3.37. The summed E-state index contributed by atoms with van der Waals surface area (Å²) in [6.45, 7) is 0. The van der Waals surface area contributed by atoms with Gasteiger partial charge in [-0.05, 0) is 28.1 Å². The Labute approximate surface area is 88.1 Å². The Bertz CT molecular complexity index is 340. The number of carboxylic acid groups (broad SMARTS) is 1. The first-order valence-electron chi connectivity index (χ1n) is 2.93. The molecular formula is C7H4BrClO2S. The van der Waals surface area contributed by atoms with E-state index in [1.165, 1.54) is 6.07 Å². The van der Waals surface area contributed by atoms with Crippen molar-refractivity contribution in [3.63, 3.8) is 0 Å². The van der Waals surface area contributed by atoms with Gasteiger partial charge >= 0.3 is 5.97 Å². The Morgan fingerprint density at radius 3 is 2.67 bits per heavy atom. The molecule has 1 N–H and O–H groups in total. The lowest BCUT2D eigenvalue weighted by atomic mass is 10.2. The second kappa shape index (κ2) is 3.68. The summed E-state index contributed by atoms with van der Waals surface area (Å²) in [7, 11) is 0. The minimum atomic E-state index is -1.04. The van der Waals surface area contributed by atoms with Crippen molar-refractivity contribution in [2.24, 2.45) is 0 Å². The van der Waals surface area contributed by atoms with E-state index in [1.54, 1.807) is 6.07 Å². The molecule has 0 spiro atoms. The molecule has 0 bridgehead atoms. The fourth-order valence-corrected chi connectivity index (χ4v) is 1.76. The average molecular weight is 268 g/mol. The number of aromatic carboxylic acids is 1. The van der Waals surface area contributed by atoms with Crippen molar-refractivity contribution < 1.29 is 9.90 Å². The van der Waals surface area contributed by atoms with E-state index < -0.39 is 5.97 Å². The van der Waals surface area contributed by atoms with E-state index in [0.717, 1.165) is 0 Å². The zero-order chi connectivity index (χ0) is 9.30. The highest BCUT2D eigenvalue weighted by Crippen LogP contribution is 2.28. The Kier molecular flexibility index (Phi) is 3.04. The Morgan fingerprint density at radius 2 is 2.17 bits per heavy atom. The highest BCUT2D eigenvalue weighted by molar-refractivity contribution is 9.10. The molecule has 1 aromatic rings. The third-order valence-electron chi connectivity index (χ3n) is 1.26. The van der Waals surface area contributed by atoms with Gasteiger partial charge < -0.3 is 5.11 Å². The van der Waals surface area contributed by atoms with Crippen molar-refractivity contribution >= 4 is 46.1 Å². The summed E-state index contributed by atoms with van der Waals surface area (Å²) in [5, 5.41) is 9.06. The zero-order valence-electron chi connectivity index (χ0n) is 5.71. The van der Waals surface area contributed by atoms with Crippen molar-refractivity contribution in [1.82, 2.24) is 0 Å². The summed E-state index contributed by atoms with van der Waals surface area (Å²) in [6, 6.07) is 2.95. The second-order valence-electron chi connectivity index (χ2n) is 2.09. The number of carbonyl (C=O) groups is 1. The van der Waals surface area contributed by atoms with Gasteiger partial charge in [-0.15, -0.1) is 12.6 Å². The summed E-state index contributed by atoms with van der Waals surface area (Å²) < 4.78 is 0.579. The smallest absolute Gasteiger partial charge is 0.336 e. The van der Waals surface area contributed by atoms with E-state index in [9.17, 15) is 4.79 Å². The second-order valence-corrected chi connectivity index (χ2v) is 3.83. The van der Waals surface area contributed by atoms with E-state index in [-0.39, 0.29) is 5.56 Å². The van der Waals surface area contributed by atoms with E-state index >= 15 is 0 Å². The first kappa shape index (κ1) is 9.89. The standard InChI is InChI=1S/C7H4BrClO2S/c8-5-2-3(9)1-4(6(5)12)7(10)11/h1-2,12H,(H,10,11). The van der Waals surface area contributed by atoms with Gasteiger partial charge in [0.25, 0.3) is 0 Å². The van der Waals surface area contributed by atoms with Crippen LogP contribution in [-0.2, 0) is 0 Å². The molecular weight excluding hydrogens is 263 g/mol. The number of hydrogen-bond donors (Lipinski definition) is 2. The monoisotopic (exact) mass is 266 g/mol. The maximum Gasteiger partial charge on any atom is 0.336 e. The predicted octanol–water partition coefficient (Wildman–Crippen LogP) is 3.09. The molecule has 0 saturated carbocycles. The van der Waals surface area contributed by atoms with Crippen molar-refractivity contribution in [2.45, 2.75) is 4.90 Å². The highest BCUT2D eigenvalue weighted by atomic mass is 79.9. The fourth-order valence-electron chi connectivity index (χ4n) is 0.729. The molecule has 0 fully saturated rings. The van der Waals surface area contributed by atoms with Crippen molar-refractivity contribution in [3.8, 4) is 0 Å². The summed E-state index contributed by atoms with van der Waals surface area (Å²) in [5.74, 6) is -1.04. The molecule has 64 valence electrons. The van der Waals surface area contributed by atoms with Crippen LogP contribution in [0.1, 0.15) is 10.4 Å². The van der Waals surface area contributed by atoms with E-state index in [0.29, 0.717) is 14.4 Å². The highest BCUT2D eigenvalue weighted by Gasteiger charge is 2.11. The summed E-state index contributed by atoms with van der Waals surface area (Å²) in [5.41, 5.74) is 0.0951. The van der Waals surface area contributed by atoms with Crippen LogP contribution >= 0.6 is 40.2 Å². The molecule has 0 unspecified atom stereocenters. The maximum absolute atomic E-state index is 10.6. The Morgan fingerprint density at radius 1 is 1.58 bits per heavy atom. The molecule has 1 rings (SSSR count). The van der Waals surface area contributed by atoms with Crippen LogP contribution in [0.2, 0.25) is 5.02 Å². The van der Waals surface area contributed by atoms with E-state index in [2.05, 4.69) is 28.6 Å². The van der Waals surface area contributed by atoms with Gasteiger partial charge in [0.2, 0.25) is 0 Å². The molecule has 12 heavy (non-hydrogen) atoms. The number of rotatable bonds is 1. The molecule has 0 aromatic heterocycles. The topological polar surface area (TPSA) is 37.3 Å². The SMILES string of the molecule is O=C(O)c1cc(Cl)cc(Br)c1S. The van der Waals surface area contributed by atoms with E-state index in [4.69, 9.17) is 16.7 Å². The van der Waals surface area contributed by atoms with Crippen LogP contribution < -0.4 is 0 Å². The number of halogens is 2. The van der Waals surface area contributed by atoms with Gasteiger partial charge in [-0.3, -0.25) is 0 Å². The van der Waals surface area contributed by atoms with Crippen molar-refractivity contribution in [3.05, 3.63) is 27.2 Å². The molecule has 2 nitrogen and oxygen atoms in total. The molecule has 1 aromatic carbocycles. The van der Waals surface area contributed by atoms with Crippen LogP contribution in [0, 0.1) is 0 Å². The zero-order valence-corrected chi connectivity index (χ0v) is 8.95. The molecule has 5 heteroatoms. The van der Waals surface area contributed by atoms with Gasteiger partial charge in [-0.25, -0.2) is 4.79 Å². The largest absolute Gasteiger partial charge is 0.478 e. The molecule has 0 heterocycles. The molecule has 0 atom stereocenters. The van der Waals surface area contributed by atoms with Gasteiger partial charge in [0.05, 0.1) is 5.56 Å². The van der Waals surface area contributed by atoms with Crippen LogP contribution in [-0.4, -0.2) is 11.1 Å². The molecule has 0 aliphatic heterocycles. The number of hydrogen-bond acceptors (Lipinski definition) is 2. The maximum atomic E-state index is 10.6. The average Bonchev–Trinajstić information content (AvgIpc) is 1.96.